The van der Waals surface area contributed by atoms with Crippen LogP contribution >= 0.6 is 0 Å². The van der Waals surface area contributed by atoms with Crippen LogP contribution in [0.3, 0.4) is 0 Å². The molecule has 1 aromatic carbocycles. The SMILES string of the molecule is [Cs+].[O-]c1c(-c2cccc(-c3ccccn3)n2)cccc1-c1cccc(-c2ccccn2)n1. The molecule has 0 bridgehead atoms. The Kier molecular flexibility index (Phi) is 7.52. The van der Waals surface area contributed by atoms with E-state index in [1.807, 2.05) is 78.9 Å². The molecule has 4 aromatic heterocycles. The van der Waals surface area contributed by atoms with E-state index in [1.54, 1.807) is 24.5 Å². The average molecular weight is 534 g/mol. The van der Waals surface area contributed by atoms with Gasteiger partial charge in [-0.3, -0.25) is 9.97 Å². The topological polar surface area (TPSA) is 74.6 Å². The Morgan fingerprint density at radius 2 is 0.844 bits per heavy atom. The standard InChI is InChI=1S/C26H18N4O.Cs/c31-26-18(20-12-6-14-24(29-20)22-10-1-3-16-27-22)8-5-9-19(26)21-13-7-15-25(30-21)23-11-2-4-17-28-23;/h1-17,31H;/q;+1/p-1. The molecule has 0 amide bonds. The maximum atomic E-state index is 13.4. The molecule has 148 valence electrons. The van der Waals surface area contributed by atoms with Gasteiger partial charge < -0.3 is 5.11 Å². The maximum Gasteiger partial charge on any atom is 1.00 e. The molecule has 5 aromatic rings. The van der Waals surface area contributed by atoms with Gasteiger partial charge >= 0.3 is 68.9 Å². The first kappa shape index (κ1) is 22.9. The fourth-order valence-electron chi connectivity index (χ4n) is 3.42. The molecule has 0 saturated heterocycles. The van der Waals surface area contributed by atoms with Gasteiger partial charge in [0.2, 0.25) is 0 Å². The van der Waals surface area contributed by atoms with E-state index in [0.717, 1.165) is 22.8 Å². The van der Waals surface area contributed by atoms with Gasteiger partial charge in [-0.2, -0.15) is 0 Å². The molecule has 32 heavy (non-hydrogen) atoms. The van der Waals surface area contributed by atoms with Crippen LogP contribution < -0.4 is 74.0 Å². The van der Waals surface area contributed by atoms with Crippen molar-refractivity contribution < 1.29 is 74.0 Å². The minimum atomic E-state index is -0.112. The zero-order valence-corrected chi connectivity index (χ0v) is 23.8. The summed E-state index contributed by atoms with van der Waals surface area (Å²) in [6.45, 7) is 0. The van der Waals surface area contributed by atoms with E-state index in [9.17, 15) is 5.11 Å². The van der Waals surface area contributed by atoms with Crippen LogP contribution in [0.5, 0.6) is 5.75 Å². The quantitative estimate of drug-likeness (QED) is 0.353. The monoisotopic (exact) mass is 534 g/mol. The predicted molar refractivity (Wildman–Crippen MR) is 119 cm³/mol. The van der Waals surface area contributed by atoms with E-state index in [4.69, 9.17) is 0 Å². The maximum absolute atomic E-state index is 13.4. The molecule has 0 spiro atoms. The van der Waals surface area contributed by atoms with Gasteiger partial charge in [-0.05, 0) is 59.7 Å². The van der Waals surface area contributed by atoms with Gasteiger partial charge in [0.05, 0.1) is 34.2 Å². The second-order valence-electron chi connectivity index (χ2n) is 6.93. The summed E-state index contributed by atoms with van der Waals surface area (Å²) in [5.74, 6) is -0.112. The number of rotatable bonds is 4. The Hall–Kier alpha value is -2.33. The number of para-hydroxylation sites is 1. The number of nitrogens with zero attached hydrogens (tertiary/aromatic N) is 4. The number of pyridine rings is 4. The molecule has 5 nitrogen and oxygen atoms in total. The Bertz CT molecular complexity index is 1240. The van der Waals surface area contributed by atoms with Crippen molar-refractivity contribution in [2.75, 3.05) is 0 Å². The fourth-order valence-corrected chi connectivity index (χ4v) is 3.42. The van der Waals surface area contributed by atoms with Crippen LogP contribution in [0.1, 0.15) is 0 Å². The summed E-state index contributed by atoms with van der Waals surface area (Å²) in [4.78, 5) is 18.1. The van der Waals surface area contributed by atoms with Crippen LogP contribution in [0.25, 0.3) is 45.3 Å². The summed E-state index contributed by atoms with van der Waals surface area (Å²) in [7, 11) is 0. The molecule has 0 aliphatic rings. The smallest absolute Gasteiger partial charge is 0.872 e. The van der Waals surface area contributed by atoms with E-state index >= 15 is 0 Å². The Balaban J connectivity index is 0.00000245. The molecule has 0 aliphatic carbocycles. The number of hydrogen-bond donors (Lipinski definition) is 0. The van der Waals surface area contributed by atoms with Gasteiger partial charge in [-0.25, -0.2) is 9.97 Å². The summed E-state index contributed by atoms with van der Waals surface area (Å²) < 4.78 is 0. The van der Waals surface area contributed by atoms with Crippen molar-refractivity contribution in [1.82, 2.24) is 19.9 Å². The Morgan fingerprint density at radius 3 is 1.28 bits per heavy atom. The predicted octanol–water partition coefficient (Wildman–Crippen LogP) is 2.01. The molecule has 0 saturated carbocycles. The number of benzene rings is 1. The summed E-state index contributed by atoms with van der Waals surface area (Å²) in [6.07, 6.45) is 3.45. The van der Waals surface area contributed by atoms with Crippen molar-refractivity contribution in [2.45, 2.75) is 0 Å². The summed E-state index contributed by atoms with van der Waals surface area (Å²) in [5.41, 5.74) is 5.24. The molecule has 0 unspecified atom stereocenters. The van der Waals surface area contributed by atoms with E-state index in [2.05, 4.69) is 19.9 Å². The van der Waals surface area contributed by atoms with Crippen LogP contribution in [0.2, 0.25) is 0 Å². The van der Waals surface area contributed by atoms with Gasteiger partial charge in [0.15, 0.2) is 0 Å². The van der Waals surface area contributed by atoms with Crippen molar-refractivity contribution >= 4 is 0 Å². The third-order valence-corrected chi connectivity index (χ3v) is 4.92. The molecule has 6 heteroatoms. The van der Waals surface area contributed by atoms with Gasteiger partial charge in [0.25, 0.3) is 0 Å². The van der Waals surface area contributed by atoms with Gasteiger partial charge in [0.1, 0.15) is 0 Å². The third-order valence-electron chi connectivity index (χ3n) is 4.92. The number of aromatic nitrogens is 4. The summed E-state index contributed by atoms with van der Waals surface area (Å²) in [5, 5.41) is 13.4. The van der Waals surface area contributed by atoms with E-state index < -0.39 is 0 Å². The second-order valence-corrected chi connectivity index (χ2v) is 6.93. The average Bonchev–Trinajstić information content (AvgIpc) is 2.85. The van der Waals surface area contributed by atoms with Gasteiger partial charge in [0, 0.05) is 12.4 Å². The number of hydrogen-bond acceptors (Lipinski definition) is 5. The summed E-state index contributed by atoms with van der Waals surface area (Å²) >= 11 is 0. The molecular formula is C26H17CsN4O. The van der Waals surface area contributed by atoms with Crippen LogP contribution in [0, 0.1) is 0 Å². The fraction of sp³-hybridized carbons (Fsp3) is 0. The first-order valence-electron chi connectivity index (χ1n) is 9.87. The first-order valence-corrected chi connectivity index (χ1v) is 9.87. The van der Waals surface area contributed by atoms with Crippen LogP contribution in [0.4, 0.5) is 0 Å². The van der Waals surface area contributed by atoms with Crippen LogP contribution in [-0.4, -0.2) is 19.9 Å². The van der Waals surface area contributed by atoms with Crippen molar-refractivity contribution in [3.8, 4) is 51.0 Å². The molecule has 4 heterocycles. The van der Waals surface area contributed by atoms with Crippen LogP contribution in [-0.2, 0) is 0 Å². The molecular weight excluding hydrogens is 517 g/mol. The molecule has 0 fully saturated rings. The molecule has 0 atom stereocenters. The normalized spacial score (nSPS) is 10.4. The van der Waals surface area contributed by atoms with Crippen molar-refractivity contribution in [3.63, 3.8) is 0 Å². The minimum absolute atomic E-state index is 0. The zero-order valence-electron chi connectivity index (χ0n) is 17.5. The van der Waals surface area contributed by atoms with E-state index in [-0.39, 0.29) is 74.6 Å². The molecule has 0 N–H and O–H groups in total. The van der Waals surface area contributed by atoms with Crippen molar-refractivity contribution in [3.05, 3.63) is 103 Å². The van der Waals surface area contributed by atoms with E-state index in [0.29, 0.717) is 22.5 Å². The summed E-state index contributed by atoms with van der Waals surface area (Å²) in [6, 6.07) is 28.0. The second kappa shape index (κ2) is 10.5. The molecule has 0 radical (unpaired) electrons. The Morgan fingerprint density at radius 1 is 0.438 bits per heavy atom. The van der Waals surface area contributed by atoms with Crippen LogP contribution in [0.15, 0.2) is 103 Å². The third kappa shape index (κ3) is 4.86. The molecule has 0 aliphatic heterocycles. The molecule has 5 rings (SSSR count). The first-order chi connectivity index (χ1) is 15.3. The van der Waals surface area contributed by atoms with Gasteiger partial charge in [-0.1, -0.05) is 48.2 Å². The van der Waals surface area contributed by atoms with Crippen molar-refractivity contribution in [2.24, 2.45) is 0 Å². The minimum Gasteiger partial charge on any atom is -0.872 e. The Labute approximate surface area is 245 Å². The zero-order chi connectivity index (χ0) is 21.0. The van der Waals surface area contributed by atoms with E-state index in [1.165, 1.54) is 0 Å². The van der Waals surface area contributed by atoms with Crippen molar-refractivity contribution in [1.29, 1.82) is 0 Å². The largest absolute Gasteiger partial charge is 1.00 e. The van der Waals surface area contributed by atoms with Gasteiger partial charge in [-0.15, -0.1) is 0 Å².